The largest absolute Gasteiger partial charge is 0.306 e. The monoisotopic (exact) mass is 156 g/mol. The van der Waals surface area contributed by atoms with Crippen molar-refractivity contribution in [1.29, 1.82) is 0 Å². The standard InChI is InChI=1S/C9H9BN2/c10-8-2-1-3-9(6-8)12-5-4-11-7-12/h1-7H,10H2. The molecule has 3 heteroatoms. The molecular formula is C9H9BN2. The van der Waals surface area contributed by atoms with Crippen LogP contribution >= 0.6 is 0 Å². The van der Waals surface area contributed by atoms with Gasteiger partial charge in [0.1, 0.15) is 7.85 Å². The van der Waals surface area contributed by atoms with E-state index in [1.165, 1.54) is 5.46 Å². The van der Waals surface area contributed by atoms with Crippen molar-refractivity contribution in [2.45, 2.75) is 0 Å². The Morgan fingerprint density at radius 2 is 2.25 bits per heavy atom. The van der Waals surface area contributed by atoms with Crippen LogP contribution in [0.15, 0.2) is 43.0 Å². The Bertz CT molecular complexity index is 368. The highest BCUT2D eigenvalue weighted by molar-refractivity contribution is 6.32. The van der Waals surface area contributed by atoms with Crippen molar-refractivity contribution in [3.63, 3.8) is 0 Å². The minimum absolute atomic E-state index is 1.16. The minimum atomic E-state index is 1.16. The lowest BCUT2D eigenvalue weighted by Crippen LogP contribution is -2.03. The molecule has 2 aromatic rings. The normalized spacial score (nSPS) is 10.0. The predicted octanol–water partition coefficient (Wildman–Crippen LogP) is 0.131. The van der Waals surface area contributed by atoms with E-state index in [1.807, 2.05) is 16.8 Å². The summed E-state index contributed by atoms with van der Waals surface area (Å²) >= 11 is 0. The molecule has 0 radical (unpaired) electrons. The zero-order valence-corrected chi connectivity index (χ0v) is 6.94. The van der Waals surface area contributed by atoms with Crippen LogP contribution in [0.1, 0.15) is 0 Å². The van der Waals surface area contributed by atoms with E-state index < -0.39 is 0 Å². The minimum Gasteiger partial charge on any atom is -0.306 e. The first-order chi connectivity index (χ1) is 5.86. The third-order valence-corrected chi connectivity index (χ3v) is 1.80. The summed E-state index contributed by atoms with van der Waals surface area (Å²) in [6.45, 7) is 0. The molecule has 0 aliphatic heterocycles. The molecular weight excluding hydrogens is 147 g/mol. The van der Waals surface area contributed by atoms with E-state index in [-0.39, 0.29) is 0 Å². The second-order valence-corrected chi connectivity index (χ2v) is 2.81. The summed E-state index contributed by atoms with van der Waals surface area (Å²) in [7, 11) is 2.08. The van der Waals surface area contributed by atoms with Crippen LogP contribution in [0.3, 0.4) is 0 Å². The van der Waals surface area contributed by atoms with Gasteiger partial charge in [-0.2, -0.15) is 0 Å². The molecule has 12 heavy (non-hydrogen) atoms. The van der Waals surface area contributed by atoms with Crippen molar-refractivity contribution < 1.29 is 0 Å². The zero-order valence-electron chi connectivity index (χ0n) is 6.94. The van der Waals surface area contributed by atoms with E-state index in [9.17, 15) is 0 Å². The highest BCUT2D eigenvalue weighted by Gasteiger charge is 1.93. The molecule has 1 aromatic carbocycles. The van der Waals surface area contributed by atoms with Crippen molar-refractivity contribution >= 4 is 13.3 Å². The van der Waals surface area contributed by atoms with Crippen LogP contribution < -0.4 is 5.46 Å². The van der Waals surface area contributed by atoms with Gasteiger partial charge in [-0.1, -0.05) is 17.6 Å². The average Bonchev–Trinajstić information content (AvgIpc) is 2.56. The van der Waals surface area contributed by atoms with Gasteiger partial charge in [0, 0.05) is 18.1 Å². The SMILES string of the molecule is Bc1cccc(-n2ccnc2)c1. The van der Waals surface area contributed by atoms with Crippen molar-refractivity contribution in [2.75, 3.05) is 0 Å². The predicted molar refractivity (Wildman–Crippen MR) is 51.7 cm³/mol. The number of imidazole rings is 1. The van der Waals surface area contributed by atoms with E-state index >= 15 is 0 Å². The molecule has 0 amide bonds. The fourth-order valence-corrected chi connectivity index (χ4v) is 1.20. The van der Waals surface area contributed by atoms with Gasteiger partial charge < -0.3 is 4.57 Å². The summed E-state index contributed by atoms with van der Waals surface area (Å²) in [6.07, 6.45) is 5.52. The summed E-state index contributed by atoms with van der Waals surface area (Å²) in [5, 5.41) is 0. The molecule has 2 rings (SSSR count). The number of rotatable bonds is 1. The summed E-state index contributed by atoms with van der Waals surface area (Å²) in [5.41, 5.74) is 2.42. The highest BCUT2D eigenvalue weighted by atomic mass is 15.0. The lowest BCUT2D eigenvalue weighted by atomic mass is 9.96. The molecule has 0 unspecified atom stereocenters. The molecule has 58 valence electrons. The van der Waals surface area contributed by atoms with Crippen LogP contribution in [0.25, 0.3) is 5.69 Å². The average molecular weight is 156 g/mol. The Kier molecular flexibility index (Phi) is 1.70. The molecule has 0 saturated carbocycles. The molecule has 0 saturated heterocycles. The molecule has 0 fully saturated rings. The highest BCUT2D eigenvalue weighted by Crippen LogP contribution is 2.02. The van der Waals surface area contributed by atoms with E-state index in [0.717, 1.165) is 5.69 Å². The Hall–Kier alpha value is -1.51. The Morgan fingerprint density at radius 1 is 1.33 bits per heavy atom. The van der Waals surface area contributed by atoms with Gasteiger partial charge in [-0.15, -0.1) is 0 Å². The molecule has 1 heterocycles. The van der Waals surface area contributed by atoms with Gasteiger partial charge in [0.15, 0.2) is 0 Å². The van der Waals surface area contributed by atoms with Crippen molar-refractivity contribution in [3.8, 4) is 5.69 Å². The number of hydrogen-bond acceptors (Lipinski definition) is 1. The first kappa shape index (κ1) is 7.16. The van der Waals surface area contributed by atoms with E-state index in [1.54, 1.807) is 12.5 Å². The molecule has 2 nitrogen and oxygen atoms in total. The molecule has 0 aliphatic carbocycles. The van der Waals surface area contributed by atoms with Crippen LogP contribution in [0.5, 0.6) is 0 Å². The second-order valence-electron chi connectivity index (χ2n) is 2.81. The molecule has 0 atom stereocenters. The quantitative estimate of drug-likeness (QED) is 0.536. The van der Waals surface area contributed by atoms with Crippen molar-refractivity contribution in [2.24, 2.45) is 0 Å². The lowest BCUT2D eigenvalue weighted by Gasteiger charge is -2.01. The fraction of sp³-hybridized carbons (Fsp3) is 0. The maximum atomic E-state index is 3.99. The van der Waals surface area contributed by atoms with E-state index in [0.29, 0.717) is 0 Å². The topological polar surface area (TPSA) is 17.8 Å². The summed E-state index contributed by atoms with van der Waals surface area (Å²) in [5.74, 6) is 0. The summed E-state index contributed by atoms with van der Waals surface area (Å²) in [4.78, 5) is 3.99. The Balaban J connectivity index is 2.48. The summed E-state index contributed by atoms with van der Waals surface area (Å²) in [6, 6.07) is 8.32. The van der Waals surface area contributed by atoms with Crippen molar-refractivity contribution in [1.82, 2.24) is 9.55 Å². The second kappa shape index (κ2) is 2.85. The number of benzene rings is 1. The third-order valence-electron chi connectivity index (χ3n) is 1.80. The van der Waals surface area contributed by atoms with Gasteiger partial charge in [-0.3, -0.25) is 0 Å². The summed E-state index contributed by atoms with van der Waals surface area (Å²) < 4.78 is 1.99. The van der Waals surface area contributed by atoms with Gasteiger partial charge in [0.2, 0.25) is 0 Å². The number of hydrogen-bond donors (Lipinski definition) is 0. The maximum Gasteiger partial charge on any atom is 0.139 e. The fourth-order valence-electron chi connectivity index (χ4n) is 1.20. The number of nitrogens with zero attached hydrogens (tertiary/aromatic N) is 2. The van der Waals surface area contributed by atoms with Crippen molar-refractivity contribution in [3.05, 3.63) is 43.0 Å². The van der Waals surface area contributed by atoms with Gasteiger partial charge in [-0.05, 0) is 12.1 Å². The molecule has 0 aliphatic rings. The Labute approximate surface area is 72.3 Å². The molecule has 0 bridgehead atoms. The van der Waals surface area contributed by atoms with Crippen LogP contribution in [-0.4, -0.2) is 17.4 Å². The van der Waals surface area contributed by atoms with Gasteiger partial charge >= 0.3 is 0 Å². The smallest absolute Gasteiger partial charge is 0.139 e. The van der Waals surface area contributed by atoms with Gasteiger partial charge in [0.25, 0.3) is 0 Å². The van der Waals surface area contributed by atoms with Crippen LogP contribution in [0, 0.1) is 0 Å². The Morgan fingerprint density at radius 3 is 2.92 bits per heavy atom. The first-order valence-electron chi connectivity index (χ1n) is 3.91. The van der Waals surface area contributed by atoms with Gasteiger partial charge in [0.05, 0.1) is 6.33 Å². The van der Waals surface area contributed by atoms with Crippen LogP contribution in [0.2, 0.25) is 0 Å². The molecule has 0 N–H and O–H groups in total. The maximum absolute atomic E-state index is 3.99. The van der Waals surface area contributed by atoms with Crippen LogP contribution in [0.4, 0.5) is 0 Å². The zero-order chi connectivity index (χ0) is 8.39. The number of aromatic nitrogens is 2. The lowest BCUT2D eigenvalue weighted by molar-refractivity contribution is 1.06. The van der Waals surface area contributed by atoms with Gasteiger partial charge in [-0.25, -0.2) is 4.98 Å². The first-order valence-corrected chi connectivity index (χ1v) is 3.91. The third kappa shape index (κ3) is 1.26. The van der Waals surface area contributed by atoms with E-state index in [4.69, 9.17) is 0 Å². The molecule has 1 aromatic heterocycles. The molecule has 0 spiro atoms. The van der Waals surface area contributed by atoms with E-state index in [2.05, 4.69) is 31.0 Å². The van der Waals surface area contributed by atoms with Crippen LogP contribution in [-0.2, 0) is 0 Å².